The first-order valence-electron chi connectivity index (χ1n) is 7.48. The summed E-state index contributed by atoms with van der Waals surface area (Å²) in [7, 11) is 1.63. The van der Waals surface area contributed by atoms with Gasteiger partial charge in [-0.05, 0) is 38.5 Å². The van der Waals surface area contributed by atoms with Crippen LogP contribution in [0.25, 0.3) is 0 Å². The summed E-state index contributed by atoms with van der Waals surface area (Å²) in [6, 6.07) is 7.90. The monoisotopic (exact) mass is 334 g/mol. The molecule has 124 valence electrons. The molecule has 0 saturated heterocycles. The molecule has 2 aromatic rings. The molecule has 0 fully saturated rings. The highest BCUT2D eigenvalue weighted by molar-refractivity contribution is 8.00. The van der Waals surface area contributed by atoms with Crippen molar-refractivity contribution in [3.63, 3.8) is 0 Å². The SMILES string of the molecule is COc1ccc(CNC(=O)[C@H](C)Sc2nncn2C(C)C)cc1. The minimum atomic E-state index is -0.241. The van der Waals surface area contributed by atoms with E-state index in [-0.39, 0.29) is 17.2 Å². The van der Waals surface area contributed by atoms with Crippen LogP contribution in [0.15, 0.2) is 35.7 Å². The smallest absolute Gasteiger partial charge is 0.233 e. The third-order valence-electron chi connectivity index (χ3n) is 3.37. The summed E-state index contributed by atoms with van der Waals surface area (Å²) in [4.78, 5) is 12.2. The predicted molar refractivity (Wildman–Crippen MR) is 90.6 cm³/mol. The summed E-state index contributed by atoms with van der Waals surface area (Å²) in [5, 5.41) is 11.4. The Morgan fingerprint density at radius 3 is 2.61 bits per heavy atom. The van der Waals surface area contributed by atoms with Gasteiger partial charge in [-0.25, -0.2) is 0 Å². The quantitative estimate of drug-likeness (QED) is 0.788. The van der Waals surface area contributed by atoms with E-state index in [4.69, 9.17) is 4.74 Å². The molecule has 1 heterocycles. The summed E-state index contributed by atoms with van der Waals surface area (Å²) in [6.45, 7) is 6.47. The molecule has 2 rings (SSSR count). The summed E-state index contributed by atoms with van der Waals surface area (Å²) >= 11 is 1.41. The van der Waals surface area contributed by atoms with Gasteiger partial charge in [0.05, 0.1) is 12.4 Å². The van der Waals surface area contributed by atoms with Gasteiger partial charge in [0.1, 0.15) is 12.1 Å². The Kier molecular flexibility index (Phi) is 6.04. The Hall–Kier alpha value is -2.02. The predicted octanol–water partition coefficient (Wildman–Crippen LogP) is 2.66. The average Bonchev–Trinajstić information content (AvgIpc) is 3.01. The van der Waals surface area contributed by atoms with E-state index in [0.717, 1.165) is 16.5 Å². The maximum Gasteiger partial charge on any atom is 0.233 e. The van der Waals surface area contributed by atoms with Crippen LogP contribution in [0.3, 0.4) is 0 Å². The molecule has 1 aromatic carbocycles. The van der Waals surface area contributed by atoms with E-state index in [9.17, 15) is 4.79 Å². The van der Waals surface area contributed by atoms with Gasteiger partial charge in [-0.3, -0.25) is 4.79 Å². The highest BCUT2D eigenvalue weighted by Gasteiger charge is 2.18. The molecule has 1 N–H and O–H groups in total. The normalized spacial score (nSPS) is 12.2. The number of hydrogen-bond acceptors (Lipinski definition) is 5. The molecule has 0 saturated carbocycles. The van der Waals surface area contributed by atoms with Gasteiger partial charge in [0.2, 0.25) is 5.91 Å². The van der Waals surface area contributed by atoms with E-state index in [1.807, 2.05) is 35.8 Å². The Balaban J connectivity index is 1.88. The molecular formula is C16H22N4O2S. The molecule has 0 aliphatic carbocycles. The molecule has 0 unspecified atom stereocenters. The Morgan fingerprint density at radius 2 is 2.00 bits per heavy atom. The standard InChI is InChI=1S/C16H22N4O2S/c1-11(2)20-10-18-19-16(20)23-12(3)15(21)17-9-13-5-7-14(22-4)8-6-13/h5-8,10-12H,9H2,1-4H3,(H,17,21)/t12-/m0/s1. The van der Waals surface area contributed by atoms with E-state index in [1.165, 1.54) is 11.8 Å². The van der Waals surface area contributed by atoms with Gasteiger partial charge in [0.25, 0.3) is 0 Å². The van der Waals surface area contributed by atoms with Crippen LogP contribution in [-0.4, -0.2) is 33.0 Å². The van der Waals surface area contributed by atoms with Crippen molar-refractivity contribution in [2.75, 3.05) is 7.11 Å². The van der Waals surface area contributed by atoms with E-state index in [1.54, 1.807) is 13.4 Å². The molecule has 7 heteroatoms. The van der Waals surface area contributed by atoms with Crippen LogP contribution in [0.2, 0.25) is 0 Å². The lowest BCUT2D eigenvalue weighted by atomic mass is 10.2. The van der Waals surface area contributed by atoms with E-state index < -0.39 is 0 Å². The Bertz CT molecular complexity index is 640. The third kappa shape index (κ3) is 4.72. The topological polar surface area (TPSA) is 69.0 Å². The van der Waals surface area contributed by atoms with Gasteiger partial charge < -0.3 is 14.6 Å². The summed E-state index contributed by atoms with van der Waals surface area (Å²) in [5.74, 6) is 0.779. The van der Waals surface area contributed by atoms with E-state index in [2.05, 4.69) is 29.4 Å². The number of nitrogens with zero attached hydrogens (tertiary/aromatic N) is 3. The van der Waals surface area contributed by atoms with E-state index in [0.29, 0.717) is 6.54 Å². The minimum Gasteiger partial charge on any atom is -0.497 e. The number of carbonyl (C=O) groups is 1. The third-order valence-corrected chi connectivity index (χ3v) is 4.44. The van der Waals surface area contributed by atoms with E-state index >= 15 is 0 Å². The fourth-order valence-electron chi connectivity index (χ4n) is 1.96. The first-order chi connectivity index (χ1) is 11.0. The van der Waals surface area contributed by atoms with Crippen LogP contribution in [0.5, 0.6) is 5.75 Å². The Labute approximate surface area is 140 Å². The molecule has 1 atom stereocenters. The molecule has 6 nitrogen and oxygen atoms in total. The second-order valence-electron chi connectivity index (χ2n) is 5.44. The summed E-state index contributed by atoms with van der Waals surface area (Å²) < 4.78 is 7.07. The van der Waals surface area contributed by atoms with Crippen molar-refractivity contribution in [3.8, 4) is 5.75 Å². The van der Waals surface area contributed by atoms with Crippen molar-refractivity contribution in [1.82, 2.24) is 20.1 Å². The number of benzene rings is 1. The van der Waals surface area contributed by atoms with Gasteiger partial charge >= 0.3 is 0 Å². The molecule has 0 spiro atoms. The van der Waals surface area contributed by atoms with Crippen LogP contribution >= 0.6 is 11.8 Å². The largest absolute Gasteiger partial charge is 0.497 e. The molecule has 0 radical (unpaired) electrons. The number of ether oxygens (including phenoxy) is 1. The van der Waals surface area contributed by atoms with Gasteiger partial charge in [0.15, 0.2) is 5.16 Å². The molecule has 0 aliphatic heterocycles. The fourth-order valence-corrected chi connectivity index (χ4v) is 2.94. The van der Waals surface area contributed by atoms with Crippen molar-refractivity contribution in [2.24, 2.45) is 0 Å². The molecule has 0 bridgehead atoms. The number of methoxy groups -OCH3 is 1. The zero-order chi connectivity index (χ0) is 16.8. The lowest BCUT2D eigenvalue weighted by Crippen LogP contribution is -2.30. The highest BCUT2D eigenvalue weighted by Crippen LogP contribution is 2.23. The highest BCUT2D eigenvalue weighted by atomic mass is 32.2. The van der Waals surface area contributed by atoms with Gasteiger partial charge in [-0.2, -0.15) is 0 Å². The fraction of sp³-hybridized carbons (Fsp3) is 0.438. The maximum absolute atomic E-state index is 12.2. The van der Waals surface area contributed by atoms with Crippen LogP contribution in [0, 0.1) is 0 Å². The first kappa shape index (κ1) is 17.3. The van der Waals surface area contributed by atoms with Gasteiger partial charge in [-0.1, -0.05) is 23.9 Å². The van der Waals surface area contributed by atoms with Crippen molar-refractivity contribution < 1.29 is 9.53 Å². The second-order valence-corrected chi connectivity index (χ2v) is 6.75. The number of hydrogen-bond donors (Lipinski definition) is 1. The zero-order valence-corrected chi connectivity index (χ0v) is 14.6. The average molecular weight is 334 g/mol. The maximum atomic E-state index is 12.2. The van der Waals surface area contributed by atoms with Crippen molar-refractivity contribution >= 4 is 17.7 Å². The Morgan fingerprint density at radius 1 is 1.30 bits per heavy atom. The first-order valence-corrected chi connectivity index (χ1v) is 8.36. The van der Waals surface area contributed by atoms with Crippen LogP contribution in [0.4, 0.5) is 0 Å². The van der Waals surface area contributed by atoms with Gasteiger partial charge in [0, 0.05) is 12.6 Å². The van der Waals surface area contributed by atoms with Gasteiger partial charge in [-0.15, -0.1) is 10.2 Å². The van der Waals surface area contributed by atoms with Crippen LogP contribution < -0.4 is 10.1 Å². The molecule has 1 amide bonds. The van der Waals surface area contributed by atoms with Crippen LogP contribution in [-0.2, 0) is 11.3 Å². The number of aromatic nitrogens is 3. The summed E-state index contributed by atoms with van der Waals surface area (Å²) in [5.41, 5.74) is 1.03. The summed E-state index contributed by atoms with van der Waals surface area (Å²) in [6.07, 6.45) is 1.69. The zero-order valence-electron chi connectivity index (χ0n) is 13.8. The number of amides is 1. The van der Waals surface area contributed by atoms with Crippen molar-refractivity contribution in [2.45, 2.75) is 43.8 Å². The minimum absolute atomic E-state index is 0.0240. The molecule has 0 aliphatic rings. The molecular weight excluding hydrogens is 312 g/mol. The molecule has 1 aromatic heterocycles. The lowest BCUT2D eigenvalue weighted by molar-refractivity contribution is -0.120. The van der Waals surface area contributed by atoms with Crippen molar-refractivity contribution in [1.29, 1.82) is 0 Å². The number of nitrogens with one attached hydrogen (secondary N) is 1. The molecule has 23 heavy (non-hydrogen) atoms. The van der Waals surface area contributed by atoms with Crippen molar-refractivity contribution in [3.05, 3.63) is 36.2 Å². The van der Waals surface area contributed by atoms with Crippen LogP contribution in [0.1, 0.15) is 32.4 Å². The lowest BCUT2D eigenvalue weighted by Gasteiger charge is -2.14. The number of rotatable bonds is 7. The number of carbonyl (C=O) groups excluding carboxylic acids is 1. The second kappa shape index (κ2) is 8.01. The number of thioether (sulfide) groups is 1.